The summed E-state index contributed by atoms with van der Waals surface area (Å²) in [5.74, 6) is 2.51. The van der Waals surface area contributed by atoms with Crippen LogP contribution in [0.2, 0.25) is 0 Å². The van der Waals surface area contributed by atoms with Crippen molar-refractivity contribution in [2.24, 2.45) is 17.8 Å². The van der Waals surface area contributed by atoms with E-state index in [-0.39, 0.29) is 6.61 Å². The number of fused-ring (bicyclic) bond motifs is 1. The molecule has 3 rings (SSSR count). The highest BCUT2D eigenvalue weighted by atomic mass is 16.3. The van der Waals surface area contributed by atoms with Gasteiger partial charge in [0.2, 0.25) is 5.91 Å². The maximum Gasteiger partial charge on any atom is 0.225 e. The fraction of sp³-hybridized carbons (Fsp3) is 0.929. The Morgan fingerprint density at radius 1 is 1.06 bits per heavy atom. The van der Waals surface area contributed by atoms with Gasteiger partial charge in [0.25, 0.3) is 0 Å². The monoisotopic (exact) mass is 252 g/mol. The van der Waals surface area contributed by atoms with Crippen LogP contribution >= 0.6 is 0 Å². The number of rotatable bonds is 3. The lowest BCUT2D eigenvalue weighted by molar-refractivity contribution is -0.135. The molecule has 1 aliphatic heterocycles. The Labute approximate surface area is 109 Å². The summed E-state index contributed by atoms with van der Waals surface area (Å²) in [5, 5.41) is 8.97. The van der Waals surface area contributed by atoms with Gasteiger partial charge in [0, 0.05) is 32.1 Å². The van der Waals surface area contributed by atoms with Crippen molar-refractivity contribution in [3.63, 3.8) is 0 Å². The maximum absolute atomic E-state index is 12.4. The van der Waals surface area contributed by atoms with Crippen LogP contribution in [-0.2, 0) is 4.79 Å². The highest BCUT2D eigenvalue weighted by Gasteiger charge is 2.48. The van der Waals surface area contributed by atoms with Crippen molar-refractivity contribution in [2.75, 3.05) is 39.3 Å². The molecule has 0 spiro atoms. The third kappa shape index (κ3) is 2.54. The van der Waals surface area contributed by atoms with Crippen LogP contribution < -0.4 is 0 Å². The standard InChI is InChI=1S/C14H24N2O2/c17-7-6-15-2-1-3-16(5-4-15)14(18)13-9-11-8-12(11)10-13/h11-13,17H,1-10H2. The molecule has 2 atom stereocenters. The van der Waals surface area contributed by atoms with Gasteiger partial charge in [-0.05, 0) is 44.1 Å². The number of hydrogen-bond donors (Lipinski definition) is 1. The second-order valence-electron chi connectivity index (χ2n) is 6.17. The van der Waals surface area contributed by atoms with Gasteiger partial charge >= 0.3 is 0 Å². The Morgan fingerprint density at radius 3 is 2.56 bits per heavy atom. The van der Waals surface area contributed by atoms with E-state index in [1.165, 1.54) is 6.42 Å². The molecule has 0 aromatic carbocycles. The molecule has 1 N–H and O–H groups in total. The molecular weight excluding hydrogens is 228 g/mol. The van der Waals surface area contributed by atoms with Crippen molar-refractivity contribution in [1.82, 2.24) is 9.80 Å². The quantitative estimate of drug-likeness (QED) is 0.798. The predicted octanol–water partition coefficient (Wildman–Crippen LogP) is 0.559. The fourth-order valence-electron chi connectivity index (χ4n) is 3.73. The number of aliphatic hydroxyl groups excluding tert-OH is 1. The van der Waals surface area contributed by atoms with Crippen molar-refractivity contribution in [2.45, 2.75) is 25.7 Å². The molecule has 4 heteroatoms. The first-order chi connectivity index (χ1) is 8.78. The SMILES string of the molecule is O=C(C1CC2CC2C1)N1CCCN(CCO)CC1. The lowest BCUT2D eigenvalue weighted by Gasteiger charge is -2.25. The third-order valence-corrected chi connectivity index (χ3v) is 4.91. The molecule has 4 nitrogen and oxygen atoms in total. The van der Waals surface area contributed by atoms with Crippen molar-refractivity contribution in [1.29, 1.82) is 0 Å². The molecule has 2 saturated carbocycles. The minimum atomic E-state index is 0.222. The van der Waals surface area contributed by atoms with E-state index < -0.39 is 0 Å². The Hall–Kier alpha value is -0.610. The molecule has 1 saturated heterocycles. The highest BCUT2D eigenvalue weighted by Crippen LogP contribution is 2.54. The zero-order chi connectivity index (χ0) is 12.5. The Bertz CT molecular complexity index is 311. The predicted molar refractivity (Wildman–Crippen MR) is 69.0 cm³/mol. The van der Waals surface area contributed by atoms with Crippen LogP contribution in [0, 0.1) is 17.8 Å². The van der Waals surface area contributed by atoms with Gasteiger partial charge in [-0.3, -0.25) is 9.69 Å². The Kier molecular flexibility index (Phi) is 3.57. The lowest BCUT2D eigenvalue weighted by Crippen LogP contribution is -2.39. The van der Waals surface area contributed by atoms with Gasteiger partial charge in [0.05, 0.1) is 6.61 Å². The van der Waals surface area contributed by atoms with E-state index in [1.807, 2.05) is 0 Å². The summed E-state index contributed by atoms with van der Waals surface area (Å²) in [5.41, 5.74) is 0. The largest absolute Gasteiger partial charge is 0.395 e. The van der Waals surface area contributed by atoms with Gasteiger partial charge in [-0.1, -0.05) is 0 Å². The summed E-state index contributed by atoms with van der Waals surface area (Å²) < 4.78 is 0. The van der Waals surface area contributed by atoms with Crippen LogP contribution in [0.3, 0.4) is 0 Å². The van der Waals surface area contributed by atoms with Crippen LogP contribution in [0.4, 0.5) is 0 Å². The van der Waals surface area contributed by atoms with E-state index in [1.54, 1.807) is 0 Å². The number of amides is 1. The van der Waals surface area contributed by atoms with Crippen LogP contribution in [0.15, 0.2) is 0 Å². The van der Waals surface area contributed by atoms with Gasteiger partial charge in [0.1, 0.15) is 0 Å². The van der Waals surface area contributed by atoms with Crippen LogP contribution in [0.5, 0.6) is 0 Å². The molecule has 3 fully saturated rings. The van der Waals surface area contributed by atoms with Crippen LogP contribution in [0.25, 0.3) is 0 Å². The Balaban J connectivity index is 1.51. The van der Waals surface area contributed by atoms with Crippen LogP contribution in [0.1, 0.15) is 25.7 Å². The Morgan fingerprint density at radius 2 is 1.83 bits per heavy atom. The molecule has 0 bridgehead atoms. The van der Waals surface area contributed by atoms with E-state index in [0.29, 0.717) is 11.8 Å². The van der Waals surface area contributed by atoms with E-state index in [2.05, 4.69) is 9.80 Å². The van der Waals surface area contributed by atoms with Gasteiger partial charge in [-0.15, -0.1) is 0 Å². The van der Waals surface area contributed by atoms with Crippen molar-refractivity contribution in [3.8, 4) is 0 Å². The van der Waals surface area contributed by atoms with E-state index in [0.717, 1.165) is 63.8 Å². The molecule has 18 heavy (non-hydrogen) atoms. The minimum absolute atomic E-state index is 0.222. The van der Waals surface area contributed by atoms with Gasteiger partial charge < -0.3 is 10.0 Å². The summed E-state index contributed by atoms with van der Waals surface area (Å²) in [6.45, 7) is 4.67. The second kappa shape index (κ2) is 5.17. The topological polar surface area (TPSA) is 43.8 Å². The van der Waals surface area contributed by atoms with E-state index in [4.69, 9.17) is 5.11 Å². The molecule has 102 valence electrons. The summed E-state index contributed by atoms with van der Waals surface area (Å²) in [6.07, 6.45) is 4.74. The van der Waals surface area contributed by atoms with E-state index in [9.17, 15) is 4.79 Å². The molecule has 1 amide bonds. The average Bonchev–Trinajstić information content (AvgIpc) is 3.06. The first-order valence-corrected chi connectivity index (χ1v) is 7.40. The number of hydrogen-bond acceptors (Lipinski definition) is 3. The highest BCUT2D eigenvalue weighted by molar-refractivity contribution is 5.79. The number of carbonyl (C=O) groups is 1. The minimum Gasteiger partial charge on any atom is -0.395 e. The molecule has 2 aliphatic carbocycles. The van der Waals surface area contributed by atoms with Gasteiger partial charge in [-0.25, -0.2) is 0 Å². The normalized spacial score (nSPS) is 36.3. The third-order valence-electron chi connectivity index (χ3n) is 4.91. The first kappa shape index (κ1) is 12.4. The van der Waals surface area contributed by atoms with Crippen molar-refractivity contribution in [3.05, 3.63) is 0 Å². The zero-order valence-electron chi connectivity index (χ0n) is 11.1. The molecule has 0 radical (unpaired) electrons. The van der Waals surface area contributed by atoms with Crippen LogP contribution in [-0.4, -0.2) is 60.1 Å². The number of β-amino-alcohol motifs (C(OH)–C–C–N with tert-alkyl or cyclic N) is 1. The summed E-state index contributed by atoms with van der Waals surface area (Å²) in [7, 11) is 0. The first-order valence-electron chi connectivity index (χ1n) is 7.40. The van der Waals surface area contributed by atoms with Gasteiger partial charge in [-0.2, -0.15) is 0 Å². The molecule has 3 aliphatic rings. The van der Waals surface area contributed by atoms with Gasteiger partial charge in [0.15, 0.2) is 0 Å². The summed E-state index contributed by atoms with van der Waals surface area (Å²) in [6, 6.07) is 0. The molecular formula is C14H24N2O2. The summed E-state index contributed by atoms with van der Waals surface area (Å²) in [4.78, 5) is 16.8. The zero-order valence-corrected chi connectivity index (χ0v) is 11.1. The number of aliphatic hydroxyl groups is 1. The van der Waals surface area contributed by atoms with E-state index >= 15 is 0 Å². The molecule has 0 aromatic rings. The maximum atomic E-state index is 12.4. The number of carbonyl (C=O) groups excluding carboxylic acids is 1. The summed E-state index contributed by atoms with van der Waals surface area (Å²) >= 11 is 0. The average molecular weight is 252 g/mol. The number of nitrogens with zero attached hydrogens (tertiary/aromatic N) is 2. The second-order valence-corrected chi connectivity index (χ2v) is 6.17. The lowest BCUT2D eigenvalue weighted by atomic mass is 10.0. The van der Waals surface area contributed by atoms with Crippen molar-refractivity contribution >= 4 is 5.91 Å². The smallest absolute Gasteiger partial charge is 0.225 e. The fourth-order valence-corrected chi connectivity index (χ4v) is 3.73. The molecule has 2 unspecified atom stereocenters. The molecule has 1 heterocycles. The molecule has 0 aromatic heterocycles. The van der Waals surface area contributed by atoms with Crippen molar-refractivity contribution < 1.29 is 9.90 Å².